The molecule has 0 saturated carbocycles. The number of unbranched alkanes of at least 4 members (excludes halogenated alkanes) is 13. The molecule has 10 heteroatoms. The minimum Gasteiger partial charge on any atom is -0.396 e. The Balaban J connectivity index is 1.86. The second-order valence-electron chi connectivity index (χ2n) is 9.53. The van der Waals surface area contributed by atoms with Gasteiger partial charge in [-0.05, 0) is 19.3 Å². The van der Waals surface area contributed by atoms with Gasteiger partial charge in [-0.15, -0.1) is 0 Å². The molecular formula is C27H49N2O7P. The number of aliphatic hydroxyl groups is 1. The average molecular weight is 545 g/mol. The molecule has 1 aromatic heterocycles. The molecule has 37 heavy (non-hydrogen) atoms. The fraction of sp³-hybridized carbons (Fsp3) is 0.778. The van der Waals surface area contributed by atoms with Crippen LogP contribution in [0.1, 0.15) is 96.3 Å². The Kier molecular flexibility index (Phi) is 20.4. The second-order valence-corrected chi connectivity index (χ2v) is 11.4. The largest absolute Gasteiger partial charge is 0.396 e. The number of ether oxygens (including phenoxy) is 1. The Hall–Kier alpha value is -1.51. The van der Waals surface area contributed by atoms with Crippen molar-refractivity contribution < 1.29 is 23.8 Å². The minimum absolute atomic E-state index is 0.105. The first kappa shape index (κ1) is 33.5. The summed E-state index contributed by atoms with van der Waals surface area (Å²) in [5.74, 6) is 0. The Bertz CT molecular complexity index is 869. The van der Waals surface area contributed by atoms with Crippen LogP contribution in [0.2, 0.25) is 0 Å². The zero-order valence-electron chi connectivity index (χ0n) is 22.5. The second kappa shape index (κ2) is 22.5. The molecule has 0 aliphatic carbocycles. The fourth-order valence-electron chi connectivity index (χ4n) is 3.94. The van der Waals surface area contributed by atoms with Crippen LogP contribution in [0.25, 0.3) is 0 Å². The third kappa shape index (κ3) is 20.2. The van der Waals surface area contributed by atoms with Crippen LogP contribution in [0.15, 0.2) is 34.0 Å². The summed E-state index contributed by atoms with van der Waals surface area (Å²) in [6, 6.07) is 1.25. The summed E-state index contributed by atoms with van der Waals surface area (Å²) >= 11 is 0. The van der Waals surface area contributed by atoms with E-state index in [2.05, 4.69) is 4.98 Å². The highest BCUT2D eigenvalue weighted by atomic mass is 31.2. The standard InChI is InChI=1S/C27H49N2O7P/c30-21-17-23-35-22-14-11-9-7-5-3-1-2-4-6-8-10-12-15-24-36-37(33,34)25-16-13-19-29-20-18-26(31)28-27(29)32/h13,16,18,20,30H,1-12,14-15,17,19,21-25H2,(H,33,34)(H,28,31,32)/b16-13+. The summed E-state index contributed by atoms with van der Waals surface area (Å²) in [7, 11) is -3.67. The topological polar surface area (TPSA) is 131 Å². The summed E-state index contributed by atoms with van der Waals surface area (Å²) in [6.45, 7) is 2.19. The van der Waals surface area contributed by atoms with E-state index in [0.29, 0.717) is 6.61 Å². The van der Waals surface area contributed by atoms with Crippen LogP contribution in [-0.2, 0) is 20.4 Å². The highest BCUT2D eigenvalue weighted by Crippen LogP contribution is 2.41. The van der Waals surface area contributed by atoms with Crippen LogP contribution in [0.3, 0.4) is 0 Å². The van der Waals surface area contributed by atoms with Crippen LogP contribution in [0.5, 0.6) is 0 Å². The lowest BCUT2D eigenvalue weighted by Gasteiger charge is -2.10. The van der Waals surface area contributed by atoms with Crippen LogP contribution < -0.4 is 11.2 Å². The summed E-state index contributed by atoms with van der Waals surface area (Å²) < 4.78 is 24.0. The van der Waals surface area contributed by atoms with E-state index in [9.17, 15) is 19.0 Å². The molecule has 1 heterocycles. The average Bonchev–Trinajstić information content (AvgIpc) is 2.86. The fourth-order valence-corrected chi connectivity index (χ4v) is 4.88. The van der Waals surface area contributed by atoms with E-state index in [1.807, 2.05) is 0 Å². The molecule has 1 unspecified atom stereocenters. The van der Waals surface area contributed by atoms with Gasteiger partial charge in [0.1, 0.15) is 0 Å². The number of aromatic amines is 1. The molecule has 0 bridgehead atoms. The van der Waals surface area contributed by atoms with Gasteiger partial charge in [-0.2, -0.15) is 0 Å². The molecule has 1 atom stereocenters. The van der Waals surface area contributed by atoms with Gasteiger partial charge in [0.15, 0.2) is 0 Å². The lowest BCUT2D eigenvalue weighted by molar-refractivity contribution is 0.112. The van der Waals surface area contributed by atoms with Crippen molar-refractivity contribution in [2.45, 2.75) is 103 Å². The molecule has 0 amide bonds. The van der Waals surface area contributed by atoms with Gasteiger partial charge in [0, 0.05) is 38.6 Å². The van der Waals surface area contributed by atoms with E-state index in [0.717, 1.165) is 38.7 Å². The van der Waals surface area contributed by atoms with Crippen molar-refractivity contribution in [3.63, 3.8) is 0 Å². The molecule has 0 aliphatic rings. The Morgan fingerprint density at radius 1 is 0.784 bits per heavy atom. The predicted octanol–water partition coefficient (Wildman–Crippen LogP) is 5.16. The molecule has 0 aliphatic heterocycles. The van der Waals surface area contributed by atoms with Crippen molar-refractivity contribution in [1.29, 1.82) is 0 Å². The van der Waals surface area contributed by atoms with Gasteiger partial charge < -0.3 is 19.3 Å². The Morgan fingerprint density at radius 2 is 1.30 bits per heavy atom. The van der Waals surface area contributed by atoms with Crippen molar-refractivity contribution in [1.82, 2.24) is 9.55 Å². The zero-order chi connectivity index (χ0) is 27.0. The van der Waals surface area contributed by atoms with E-state index in [-0.39, 0.29) is 25.9 Å². The number of aromatic nitrogens is 2. The number of H-pyrrole nitrogens is 1. The molecule has 9 nitrogen and oxygen atoms in total. The van der Waals surface area contributed by atoms with Gasteiger partial charge in [-0.25, -0.2) is 4.79 Å². The third-order valence-electron chi connectivity index (χ3n) is 6.12. The zero-order valence-corrected chi connectivity index (χ0v) is 23.4. The molecule has 0 radical (unpaired) electrons. The molecule has 0 aromatic carbocycles. The van der Waals surface area contributed by atoms with E-state index in [1.165, 1.54) is 87.1 Å². The highest BCUT2D eigenvalue weighted by molar-refractivity contribution is 7.53. The van der Waals surface area contributed by atoms with Crippen molar-refractivity contribution in [2.75, 3.05) is 32.6 Å². The lowest BCUT2D eigenvalue weighted by Crippen LogP contribution is -2.28. The van der Waals surface area contributed by atoms with E-state index >= 15 is 0 Å². The number of hydrogen-bond donors (Lipinski definition) is 3. The third-order valence-corrected chi connectivity index (χ3v) is 7.38. The molecule has 3 N–H and O–H groups in total. The minimum atomic E-state index is -3.67. The number of nitrogens with zero attached hydrogens (tertiary/aromatic N) is 1. The van der Waals surface area contributed by atoms with Crippen molar-refractivity contribution in [3.8, 4) is 0 Å². The van der Waals surface area contributed by atoms with E-state index < -0.39 is 18.8 Å². The Morgan fingerprint density at radius 3 is 1.84 bits per heavy atom. The highest BCUT2D eigenvalue weighted by Gasteiger charge is 2.16. The molecule has 1 aromatic rings. The number of allylic oxidation sites excluding steroid dienone is 2. The smallest absolute Gasteiger partial charge is 0.331 e. The first-order valence-electron chi connectivity index (χ1n) is 14.0. The summed E-state index contributed by atoms with van der Waals surface area (Å²) in [5.41, 5.74) is -0.975. The SMILES string of the molecule is O=c1ccn(C/C=C/CP(=O)(O)OCCCCCCCCCCCCCCCCOCCCO)c(=O)[nH]1. The van der Waals surface area contributed by atoms with Crippen molar-refractivity contribution >= 4 is 7.60 Å². The monoisotopic (exact) mass is 544 g/mol. The Labute approximate surface area is 221 Å². The first-order valence-corrected chi connectivity index (χ1v) is 15.8. The van der Waals surface area contributed by atoms with E-state index in [1.54, 1.807) is 6.08 Å². The lowest BCUT2D eigenvalue weighted by atomic mass is 10.0. The normalized spacial score (nSPS) is 13.4. The molecular weight excluding hydrogens is 495 g/mol. The number of nitrogens with one attached hydrogen (secondary N) is 1. The van der Waals surface area contributed by atoms with Gasteiger partial charge in [-0.3, -0.25) is 18.9 Å². The molecule has 1 rings (SSSR count). The van der Waals surface area contributed by atoms with Crippen LogP contribution >= 0.6 is 7.60 Å². The maximum absolute atomic E-state index is 12.1. The van der Waals surface area contributed by atoms with Crippen molar-refractivity contribution in [2.24, 2.45) is 0 Å². The number of hydrogen-bond acceptors (Lipinski definition) is 6. The summed E-state index contributed by atoms with van der Waals surface area (Å²) in [5, 5.41) is 8.68. The number of rotatable bonds is 25. The van der Waals surface area contributed by atoms with Crippen LogP contribution in [0, 0.1) is 0 Å². The quantitative estimate of drug-likeness (QED) is 0.0881. The van der Waals surface area contributed by atoms with Gasteiger partial charge in [-0.1, -0.05) is 89.2 Å². The first-order chi connectivity index (χ1) is 17.9. The molecule has 0 saturated heterocycles. The van der Waals surface area contributed by atoms with Gasteiger partial charge in [0.25, 0.3) is 5.56 Å². The maximum Gasteiger partial charge on any atom is 0.331 e. The van der Waals surface area contributed by atoms with Crippen LogP contribution in [0.4, 0.5) is 0 Å². The van der Waals surface area contributed by atoms with Gasteiger partial charge >= 0.3 is 13.3 Å². The summed E-state index contributed by atoms with van der Waals surface area (Å²) in [4.78, 5) is 34.7. The molecule has 0 spiro atoms. The summed E-state index contributed by atoms with van der Waals surface area (Å²) in [6.07, 6.45) is 22.0. The number of aliphatic hydroxyl groups excluding tert-OH is 1. The van der Waals surface area contributed by atoms with Gasteiger partial charge in [0.2, 0.25) is 0 Å². The molecule has 0 fully saturated rings. The molecule has 214 valence electrons. The maximum atomic E-state index is 12.1. The van der Waals surface area contributed by atoms with Gasteiger partial charge in [0.05, 0.1) is 12.8 Å². The van der Waals surface area contributed by atoms with Crippen molar-refractivity contribution in [3.05, 3.63) is 45.3 Å². The van der Waals surface area contributed by atoms with Crippen LogP contribution in [-0.4, -0.2) is 52.1 Å². The predicted molar refractivity (Wildman–Crippen MR) is 148 cm³/mol. The van der Waals surface area contributed by atoms with E-state index in [4.69, 9.17) is 14.4 Å².